The van der Waals surface area contributed by atoms with E-state index in [2.05, 4.69) is 87.2 Å². The van der Waals surface area contributed by atoms with Gasteiger partial charge in [-0.05, 0) is 37.6 Å². The second-order valence-electron chi connectivity index (χ2n) is 5.09. The van der Waals surface area contributed by atoms with Gasteiger partial charge >= 0.3 is 0 Å². The minimum atomic E-state index is -1.26. The normalized spacial score (nSPS) is 12.9. The van der Waals surface area contributed by atoms with Crippen molar-refractivity contribution >= 4 is 12.6 Å². The predicted molar refractivity (Wildman–Crippen MR) is 93.5 cm³/mol. The molecule has 0 N–H and O–H groups in total. The van der Waals surface area contributed by atoms with Gasteiger partial charge in [-0.25, -0.2) is 0 Å². The molecule has 1 heteroatoms. The van der Waals surface area contributed by atoms with Crippen LogP contribution in [-0.2, 0) is 0 Å². The molecule has 0 aliphatic carbocycles. The zero-order chi connectivity index (χ0) is 14.4. The summed E-state index contributed by atoms with van der Waals surface area (Å²) in [6.45, 7) is 8.83. The van der Waals surface area contributed by atoms with Crippen molar-refractivity contribution in [3.63, 3.8) is 0 Å². The van der Waals surface area contributed by atoms with Gasteiger partial charge < -0.3 is 0 Å². The van der Waals surface area contributed by atoms with Gasteiger partial charge in [-0.2, -0.15) is 0 Å². The van der Waals surface area contributed by atoms with Crippen molar-refractivity contribution in [2.75, 3.05) is 12.3 Å². The zero-order valence-corrected chi connectivity index (χ0v) is 13.4. The molecule has 0 bridgehead atoms. The third kappa shape index (κ3) is 2.72. The Morgan fingerprint density at radius 3 is 1.85 bits per heavy atom. The van der Waals surface area contributed by atoms with E-state index in [4.69, 9.17) is 0 Å². The second kappa shape index (κ2) is 6.86. The highest BCUT2D eigenvalue weighted by Gasteiger charge is 2.43. The Balaban J connectivity index is 2.54. The quantitative estimate of drug-likeness (QED) is 0.498. The molecule has 20 heavy (non-hydrogen) atoms. The lowest BCUT2D eigenvalue weighted by atomic mass is 10.1. The summed E-state index contributed by atoms with van der Waals surface area (Å²) in [7, 11) is -1.26. The van der Waals surface area contributed by atoms with Crippen LogP contribution in [0.2, 0.25) is 0 Å². The molecule has 0 saturated carbocycles. The second-order valence-corrected chi connectivity index (χ2v) is 9.50. The minimum Gasteiger partial charge on any atom is -0.0988 e. The van der Waals surface area contributed by atoms with E-state index >= 15 is 0 Å². The van der Waals surface area contributed by atoms with Crippen molar-refractivity contribution in [1.29, 1.82) is 0 Å². The van der Waals surface area contributed by atoms with Crippen LogP contribution in [0.1, 0.15) is 25.1 Å². The van der Waals surface area contributed by atoms with Crippen LogP contribution < -0.4 is 5.30 Å². The molecule has 0 heterocycles. The standard InChI is InChI=1S/C19H24P/c1-4-19(17-13-9-7-10-14-17)20(5-2,6-3)18-15-11-8-12-16-18/h4,7-16,19H,1,5-6H2,2-3H3/q+1. The molecule has 0 spiro atoms. The molecule has 2 rings (SSSR count). The van der Waals surface area contributed by atoms with E-state index < -0.39 is 7.26 Å². The van der Waals surface area contributed by atoms with Crippen LogP contribution >= 0.6 is 7.26 Å². The van der Waals surface area contributed by atoms with Gasteiger partial charge in [0.05, 0.1) is 24.9 Å². The van der Waals surface area contributed by atoms with Gasteiger partial charge in [0.1, 0.15) is 5.66 Å². The summed E-state index contributed by atoms with van der Waals surface area (Å²) in [5, 5.41) is 1.53. The van der Waals surface area contributed by atoms with Crippen molar-refractivity contribution in [2.24, 2.45) is 0 Å². The molecular weight excluding hydrogens is 259 g/mol. The number of hydrogen-bond donors (Lipinski definition) is 0. The van der Waals surface area contributed by atoms with Crippen LogP contribution in [0.15, 0.2) is 73.3 Å². The van der Waals surface area contributed by atoms with E-state index in [0.717, 1.165) is 0 Å². The maximum atomic E-state index is 4.15. The van der Waals surface area contributed by atoms with Crippen molar-refractivity contribution in [1.82, 2.24) is 0 Å². The van der Waals surface area contributed by atoms with E-state index in [0.29, 0.717) is 5.66 Å². The highest BCUT2D eigenvalue weighted by atomic mass is 31.2. The molecule has 0 fully saturated rings. The minimum absolute atomic E-state index is 0.459. The lowest BCUT2D eigenvalue weighted by Crippen LogP contribution is -2.20. The molecule has 0 amide bonds. The lowest BCUT2D eigenvalue weighted by Gasteiger charge is -2.32. The summed E-state index contributed by atoms with van der Waals surface area (Å²) in [6.07, 6.45) is 4.61. The molecular formula is C19H24P+. The highest BCUT2D eigenvalue weighted by molar-refractivity contribution is 7.83. The zero-order valence-electron chi connectivity index (χ0n) is 12.5. The first-order valence-corrected chi connectivity index (χ1v) is 9.61. The summed E-state index contributed by atoms with van der Waals surface area (Å²) in [4.78, 5) is 0. The number of benzene rings is 2. The van der Waals surface area contributed by atoms with Gasteiger partial charge in [-0.3, -0.25) is 0 Å². The van der Waals surface area contributed by atoms with Gasteiger partial charge in [0.2, 0.25) is 0 Å². The monoisotopic (exact) mass is 283 g/mol. The topological polar surface area (TPSA) is 0 Å². The van der Waals surface area contributed by atoms with Gasteiger partial charge in [0, 0.05) is 0 Å². The molecule has 0 radical (unpaired) electrons. The Labute approximate surface area is 123 Å². The number of allylic oxidation sites excluding steroid dienone is 1. The van der Waals surface area contributed by atoms with Crippen LogP contribution in [0.25, 0.3) is 0 Å². The first-order chi connectivity index (χ1) is 9.78. The third-order valence-electron chi connectivity index (χ3n) is 4.30. The van der Waals surface area contributed by atoms with Crippen LogP contribution in [0, 0.1) is 0 Å². The Hall–Kier alpha value is -1.39. The fourth-order valence-electron chi connectivity index (χ4n) is 3.14. The SMILES string of the molecule is C=CC(c1ccccc1)[P+](CC)(CC)c1ccccc1. The summed E-state index contributed by atoms with van der Waals surface area (Å²) in [5.41, 5.74) is 1.87. The van der Waals surface area contributed by atoms with Crippen molar-refractivity contribution < 1.29 is 0 Å². The highest BCUT2D eigenvalue weighted by Crippen LogP contribution is 2.68. The molecule has 1 unspecified atom stereocenters. The summed E-state index contributed by atoms with van der Waals surface area (Å²) in [6, 6.07) is 21.9. The fraction of sp³-hybridized carbons (Fsp3) is 0.263. The first kappa shape index (κ1) is 15.0. The smallest absolute Gasteiger partial charge is 0.0988 e. The van der Waals surface area contributed by atoms with Crippen LogP contribution in [0.5, 0.6) is 0 Å². The Morgan fingerprint density at radius 1 is 0.900 bits per heavy atom. The number of hydrogen-bond acceptors (Lipinski definition) is 0. The maximum absolute atomic E-state index is 4.15. The van der Waals surface area contributed by atoms with Crippen molar-refractivity contribution in [2.45, 2.75) is 19.5 Å². The molecule has 2 aromatic carbocycles. The summed E-state index contributed by atoms with van der Waals surface area (Å²) >= 11 is 0. The molecule has 0 saturated heterocycles. The molecule has 1 atom stereocenters. The van der Waals surface area contributed by atoms with Gasteiger partial charge in [0.15, 0.2) is 0 Å². The molecule has 104 valence electrons. The largest absolute Gasteiger partial charge is 0.117 e. The van der Waals surface area contributed by atoms with Gasteiger partial charge in [-0.1, -0.05) is 55.1 Å². The Kier molecular flexibility index (Phi) is 5.15. The molecule has 0 aromatic heterocycles. The first-order valence-electron chi connectivity index (χ1n) is 7.38. The predicted octanol–water partition coefficient (Wildman–Crippen LogP) is 5.30. The Morgan fingerprint density at radius 2 is 1.40 bits per heavy atom. The molecule has 0 aliphatic rings. The van der Waals surface area contributed by atoms with Crippen LogP contribution in [-0.4, -0.2) is 12.3 Å². The van der Waals surface area contributed by atoms with E-state index in [1.165, 1.54) is 23.2 Å². The fourth-order valence-corrected chi connectivity index (χ4v) is 7.34. The van der Waals surface area contributed by atoms with Crippen molar-refractivity contribution in [3.05, 3.63) is 78.9 Å². The maximum Gasteiger partial charge on any atom is 0.117 e. The summed E-state index contributed by atoms with van der Waals surface area (Å²) < 4.78 is 0. The lowest BCUT2D eigenvalue weighted by molar-refractivity contribution is 1.16. The van der Waals surface area contributed by atoms with Crippen LogP contribution in [0.4, 0.5) is 0 Å². The average Bonchev–Trinajstić information content (AvgIpc) is 2.54. The third-order valence-corrected chi connectivity index (χ3v) is 9.45. The average molecular weight is 283 g/mol. The molecule has 0 nitrogen and oxygen atoms in total. The van der Waals surface area contributed by atoms with Crippen LogP contribution in [0.3, 0.4) is 0 Å². The van der Waals surface area contributed by atoms with E-state index in [9.17, 15) is 0 Å². The number of rotatable bonds is 6. The van der Waals surface area contributed by atoms with Gasteiger partial charge in [0.25, 0.3) is 0 Å². The van der Waals surface area contributed by atoms with E-state index in [-0.39, 0.29) is 0 Å². The molecule has 2 aromatic rings. The van der Waals surface area contributed by atoms with Crippen molar-refractivity contribution in [3.8, 4) is 0 Å². The van der Waals surface area contributed by atoms with Gasteiger partial charge in [-0.15, -0.1) is 0 Å². The Bertz CT molecular complexity index is 526. The van der Waals surface area contributed by atoms with E-state index in [1.54, 1.807) is 0 Å². The molecule has 0 aliphatic heterocycles. The van der Waals surface area contributed by atoms with E-state index in [1.807, 2.05) is 0 Å². The summed E-state index contributed by atoms with van der Waals surface area (Å²) in [5.74, 6) is 0.